The summed E-state index contributed by atoms with van der Waals surface area (Å²) in [7, 11) is 2.23. The summed E-state index contributed by atoms with van der Waals surface area (Å²) in [6.07, 6.45) is 11.2. The molecule has 0 radical (unpaired) electrons. The standard InChI is InChI=1S/C18H33N3/c1-17(10-13-21(2)14-11-17)15-20-16-18(9-6-12-19)7-4-3-5-8-18/h20H,3-11,13-16H2,1-2H3. The molecule has 0 unspecified atom stereocenters. The van der Waals surface area contributed by atoms with Gasteiger partial charge in [-0.3, -0.25) is 0 Å². The molecule has 2 fully saturated rings. The Labute approximate surface area is 131 Å². The second-order valence-electron chi connectivity index (χ2n) is 7.94. The van der Waals surface area contributed by atoms with E-state index in [2.05, 4.69) is 30.3 Å². The van der Waals surface area contributed by atoms with E-state index >= 15 is 0 Å². The number of nitrogens with one attached hydrogen (secondary N) is 1. The van der Waals surface area contributed by atoms with E-state index in [4.69, 9.17) is 5.26 Å². The summed E-state index contributed by atoms with van der Waals surface area (Å²) >= 11 is 0. The quantitative estimate of drug-likeness (QED) is 0.813. The highest BCUT2D eigenvalue weighted by atomic mass is 15.1. The molecular formula is C18H33N3. The summed E-state index contributed by atoms with van der Waals surface area (Å²) < 4.78 is 0. The van der Waals surface area contributed by atoms with Gasteiger partial charge in [0.15, 0.2) is 0 Å². The monoisotopic (exact) mass is 291 g/mol. The van der Waals surface area contributed by atoms with Gasteiger partial charge in [0.1, 0.15) is 0 Å². The van der Waals surface area contributed by atoms with Crippen LogP contribution in [0.2, 0.25) is 0 Å². The van der Waals surface area contributed by atoms with Gasteiger partial charge >= 0.3 is 0 Å². The van der Waals surface area contributed by atoms with Gasteiger partial charge in [0.25, 0.3) is 0 Å². The first kappa shape index (κ1) is 16.8. The zero-order valence-electron chi connectivity index (χ0n) is 14.1. The van der Waals surface area contributed by atoms with Gasteiger partial charge in [0.05, 0.1) is 6.07 Å². The lowest BCUT2D eigenvalue weighted by Crippen LogP contribution is -2.45. The smallest absolute Gasteiger partial charge is 0.0621 e. The van der Waals surface area contributed by atoms with Crippen molar-refractivity contribution in [1.29, 1.82) is 5.26 Å². The number of hydrogen-bond donors (Lipinski definition) is 1. The van der Waals surface area contributed by atoms with E-state index in [0.717, 1.165) is 25.9 Å². The number of nitriles is 1. The Morgan fingerprint density at radius 1 is 1.05 bits per heavy atom. The Bertz CT molecular complexity index is 344. The molecule has 1 aliphatic carbocycles. The van der Waals surface area contributed by atoms with Crippen LogP contribution >= 0.6 is 0 Å². The molecule has 1 N–H and O–H groups in total. The van der Waals surface area contributed by atoms with Crippen LogP contribution < -0.4 is 5.32 Å². The third-order valence-corrected chi connectivity index (χ3v) is 5.93. The lowest BCUT2D eigenvalue weighted by molar-refractivity contribution is 0.119. The maximum absolute atomic E-state index is 8.93. The second kappa shape index (κ2) is 7.61. The Morgan fingerprint density at radius 3 is 2.33 bits per heavy atom. The van der Waals surface area contributed by atoms with Gasteiger partial charge in [-0.15, -0.1) is 0 Å². The number of nitrogens with zero attached hydrogens (tertiary/aromatic N) is 2. The van der Waals surface area contributed by atoms with Crippen molar-refractivity contribution >= 4 is 0 Å². The Kier molecular flexibility index (Phi) is 6.08. The minimum absolute atomic E-state index is 0.412. The zero-order valence-corrected chi connectivity index (χ0v) is 14.1. The summed E-state index contributed by atoms with van der Waals surface area (Å²) in [6.45, 7) is 7.18. The van der Waals surface area contributed by atoms with Crippen molar-refractivity contribution in [2.75, 3.05) is 33.2 Å². The molecule has 3 nitrogen and oxygen atoms in total. The van der Waals surface area contributed by atoms with E-state index in [1.165, 1.54) is 58.0 Å². The highest BCUT2D eigenvalue weighted by Crippen LogP contribution is 2.40. The van der Waals surface area contributed by atoms with Crippen LogP contribution in [0.15, 0.2) is 0 Å². The molecular weight excluding hydrogens is 258 g/mol. The molecule has 1 saturated carbocycles. The first-order valence-electron chi connectivity index (χ1n) is 8.84. The molecule has 2 aliphatic rings. The molecule has 1 aliphatic heterocycles. The van der Waals surface area contributed by atoms with Crippen molar-refractivity contribution in [3.05, 3.63) is 0 Å². The highest BCUT2D eigenvalue weighted by Gasteiger charge is 2.33. The number of rotatable bonds is 6. The third-order valence-electron chi connectivity index (χ3n) is 5.93. The first-order chi connectivity index (χ1) is 10.1. The lowest BCUT2D eigenvalue weighted by Gasteiger charge is -2.41. The minimum Gasteiger partial charge on any atom is -0.316 e. The molecule has 1 saturated heterocycles. The summed E-state index contributed by atoms with van der Waals surface area (Å²) in [4.78, 5) is 2.44. The van der Waals surface area contributed by atoms with Crippen LogP contribution in [0, 0.1) is 22.2 Å². The van der Waals surface area contributed by atoms with Crippen molar-refractivity contribution in [3.63, 3.8) is 0 Å². The topological polar surface area (TPSA) is 39.1 Å². The van der Waals surface area contributed by atoms with Gasteiger partial charge < -0.3 is 10.2 Å². The third kappa shape index (κ3) is 4.97. The number of likely N-dealkylation sites (tertiary alicyclic amines) is 1. The van der Waals surface area contributed by atoms with Crippen LogP contribution in [0.25, 0.3) is 0 Å². The van der Waals surface area contributed by atoms with Crippen molar-refractivity contribution < 1.29 is 0 Å². The minimum atomic E-state index is 0.412. The average molecular weight is 291 g/mol. The molecule has 3 heteroatoms. The summed E-state index contributed by atoms with van der Waals surface area (Å²) in [5, 5.41) is 12.7. The molecule has 0 atom stereocenters. The summed E-state index contributed by atoms with van der Waals surface area (Å²) in [5.74, 6) is 0. The van der Waals surface area contributed by atoms with Gasteiger partial charge in [0.2, 0.25) is 0 Å². The van der Waals surface area contributed by atoms with Gasteiger partial charge in [-0.25, -0.2) is 0 Å². The van der Waals surface area contributed by atoms with Crippen LogP contribution in [0.5, 0.6) is 0 Å². The fourth-order valence-electron chi connectivity index (χ4n) is 4.10. The van der Waals surface area contributed by atoms with Gasteiger partial charge in [-0.2, -0.15) is 5.26 Å². The second-order valence-corrected chi connectivity index (χ2v) is 7.94. The molecule has 0 bridgehead atoms. The Balaban J connectivity index is 1.80. The molecule has 0 aromatic carbocycles. The van der Waals surface area contributed by atoms with E-state index in [1.807, 2.05) is 0 Å². The van der Waals surface area contributed by atoms with Crippen LogP contribution in [-0.4, -0.2) is 38.1 Å². The van der Waals surface area contributed by atoms with Crippen LogP contribution in [0.1, 0.15) is 64.7 Å². The molecule has 21 heavy (non-hydrogen) atoms. The van der Waals surface area contributed by atoms with Crippen LogP contribution in [0.3, 0.4) is 0 Å². The Hall–Kier alpha value is -0.590. The van der Waals surface area contributed by atoms with Gasteiger partial charge in [0, 0.05) is 19.5 Å². The molecule has 1 heterocycles. The van der Waals surface area contributed by atoms with Crippen molar-refractivity contribution in [2.24, 2.45) is 10.8 Å². The predicted octanol–water partition coefficient (Wildman–Crippen LogP) is 3.56. The molecule has 0 spiro atoms. The lowest BCUT2D eigenvalue weighted by atomic mass is 9.71. The van der Waals surface area contributed by atoms with E-state index in [1.54, 1.807) is 0 Å². The van der Waals surface area contributed by atoms with Crippen molar-refractivity contribution in [3.8, 4) is 6.07 Å². The highest BCUT2D eigenvalue weighted by molar-refractivity contribution is 4.90. The van der Waals surface area contributed by atoms with Crippen LogP contribution in [0.4, 0.5) is 0 Å². The van der Waals surface area contributed by atoms with E-state index in [9.17, 15) is 0 Å². The Morgan fingerprint density at radius 2 is 1.71 bits per heavy atom. The number of piperidine rings is 1. The molecule has 2 rings (SSSR count). The average Bonchev–Trinajstić information content (AvgIpc) is 2.50. The van der Waals surface area contributed by atoms with E-state index in [0.29, 0.717) is 10.8 Å². The molecule has 0 aromatic heterocycles. The molecule has 0 amide bonds. The number of hydrogen-bond acceptors (Lipinski definition) is 3. The normalized spacial score (nSPS) is 25.4. The largest absolute Gasteiger partial charge is 0.316 e. The summed E-state index contributed by atoms with van der Waals surface area (Å²) in [6, 6.07) is 2.36. The fraction of sp³-hybridized carbons (Fsp3) is 0.944. The van der Waals surface area contributed by atoms with Gasteiger partial charge in [-0.05, 0) is 63.1 Å². The van der Waals surface area contributed by atoms with Crippen molar-refractivity contribution in [2.45, 2.75) is 64.7 Å². The van der Waals surface area contributed by atoms with Crippen molar-refractivity contribution in [1.82, 2.24) is 10.2 Å². The molecule has 120 valence electrons. The maximum Gasteiger partial charge on any atom is 0.0621 e. The predicted molar refractivity (Wildman–Crippen MR) is 88.1 cm³/mol. The maximum atomic E-state index is 8.93. The fourth-order valence-corrected chi connectivity index (χ4v) is 4.10. The van der Waals surface area contributed by atoms with Gasteiger partial charge in [-0.1, -0.05) is 26.2 Å². The first-order valence-corrected chi connectivity index (χ1v) is 8.84. The molecule has 0 aromatic rings. The van der Waals surface area contributed by atoms with E-state index < -0.39 is 0 Å². The summed E-state index contributed by atoms with van der Waals surface area (Å²) in [5.41, 5.74) is 0.882. The zero-order chi connectivity index (χ0) is 15.2. The van der Waals surface area contributed by atoms with E-state index in [-0.39, 0.29) is 0 Å². The van der Waals surface area contributed by atoms with Crippen LogP contribution in [-0.2, 0) is 0 Å². The SMILES string of the molecule is CN1CCC(C)(CNCC2(CCC#N)CCCCC2)CC1.